The Bertz CT molecular complexity index is 699. The Morgan fingerprint density at radius 3 is 2.86 bits per heavy atom. The van der Waals surface area contributed by atoms with Crippen LogP contribution >= 0.6 is 0 Å². The van der Waals surface area contributed by atoms with Crippen LogP contribution in [0.5, 0.6) is 5.75 Å². The van der Waals surface area contributed by atoms with E-state index in [4.69, 9.17) is 15.2 Å². The minimum atomic E-state index is -3.79. The number of rotatable bonds is 7. The molecule has 9 heteroatoms. The van der Waals surface area contributed by atoms with Crippen LogP contribution in [0.2, 0.25) is 0 Å². The molecule has 114 valence electrons. The highest BCUT2D eigenvalue weighted by atomic mass is 32.2. The molecular formula is C12H16N4O4S. The summed E-state index contributed by atoms with van der Waals surface area (Å²) in [5.74, 6) is 0.516. The standard InChI is InChI=1S/C12H16N4O4S/c1-19-5-6-20-10-4-2-3-9(7-10)16-21(17,18)11-8-14-15-12(11)13/h2-4,7-8,16H,5-6H2,1H3,(H3,13,14,15). The lowest BCUT2D eigenvalue weighted by Gasteiger charge is -2.09. The Balaban J connectivity index is 2.12. The van der Waals surface area contributed by atoms with Gasteiger partial charge < -0.3 is 15.2 Å². The summed E-state index contributed by atoms with van der Waals surface area (Å²) in [4.78, 5) is -0.104. The van der Waals surface area contributed by atoms with Gasteiger partial charge >= 0.3 is 0 Å². The SMILES string of the molecule is COCCOc1cccc(NS(=O)(=O)c2cn[nH]c2N)c1. The lowest BCUT2D eigenvalue weighted by Crippen LogP contribution is -2.14. The van der Waals surface area contributed by atoms with E-state index < -0.39 is 10.0 Å². The van der Waals surface area contributed by atoms with Crippen LogP contribution in [0.25, 0.3) is 0 Å². The molecule has 0 spiro atoms. The molecule has 0 aliphatic heterocycles. The number of ether oxygens (including phenoxy) is 2. The summed E-state index contributed by atoms with van der Waals surface area (Å²) in [6.45, 7) is 0.822. The monoisotopic (exact) mass is 312 g/mol. The molecule has 21 heavy (non-hydrogen) atoms. The number of nitrogen functional groups attached to an aromatic ring is 1. The molecule has 0 fully saturated rings. The Labute approximate surface area is 122 Å². The van der Waals surface area contributed by atoms with Crippen molar-refractivity contribution in [1.82, 2.24) is 10.2 Å². The van der Waals surface area contributed by atoms with Crippen molar-refractivity contribution in [3.05, 3.63) is 30.5 Å². The van der Waals surface area contributed by atoms with Crippen LogP contribution in [0, 0.1) is 0 Å². The van der Waals surface area contributed by atoms with Gasteiger partial charge in [0.1, 0.15) is 23.1 Å². The molecule has 0 atom stereocenters. The molecule has 1 aromatic heterocycles. The minimum Gasteiger partial charge on any atom is -0.491 e. The van der Waals surface area contributed by atoms with Gasteiger partial charge in [0.25, 0.3) is 10.0 Å². The quantitative estimate of drug-likeness (QED) is 0.651. The first-order chi connectivity index (χ1) is 10.0. The highest BCUT2D eigenvalue weighted by molar-refractivity contribution is 7.92. The third-order valence-electron chi connectivity index (χ3n) is 2.56. The molecule has 0 aliphatic carbocycles. The molecule has 1 aromatic carbocycles. The van der Waals surface area contributed by atoms with Crippen molar-refractivity contribution in [1.29, 1.82) is 0 Å². The van der Waals surface area contributed by atoms with E-state index in [1.54, 1.807) is 31.4 Å². The van der Waals surface area contributed by atoms with Crippen LogP contribution in [-0.2, 0) is 14.8 Å². The van der Waals surface area contributed by atoms with Gasteiger partial charge in [0, 0.05) is 13.2 Å². The Morgan fingerprint density at radius 2 is 2.19 bits per heavy atom. The number of hydrogen-bond donors (Lipinski definition) is 3. The van der Waals surface area contributed by atoms with E-state index in [1.807, 2.05) is 0 Å². The predicted octanol–water partition coefficient (Wildman–Crippen LogP) is 0.818. The molecule has 0 bridgehead atoms. The molecule has 2 aromatic rings. The van der Waals surface area contributed by atoms with Crippen molar-refractivity contribution in [3.63, 3.8) is 0 Å². The van der Waals surface area contributed by atoms with Crippen molar-refractivity contribution >= 4 is 21.5 Å². The normalized spacial score (nSPS) is 11.3. The van der Waals surface area contributed by atoms with Crippen LogP contribution in [-0.4, -0.2) is 38.9 Å². The maximum Gasteiger partial charge on any atom is 0.267 e. The average molecular weight is 312 g/mol. The first-order valence-electron chi connectivity index (χ1n) is 6.06. The van der Waals surface area contributed by atoms with Gasteiger partial charge in [0.15, 0.2) is 0 Å². The van der Waals surface area contributed by atoms with Crippen LogP contribution in [0.15, 0.2) is 35.4 Å². The first-order valence-corrected chi connectivity index (χ1v) is 7.54. The summed E-state index contributed by atoms with van der Waals surface area (Å²) in [5, 5.41) is 5.97. The Hall–Kier alpha value is -2.26. The minimum absolute atomic E-state index is 0.0185. The van der Waals surface area contributed by atoms with Gasteiger partial charge in [-0.1, -0.05) is 6.07 Å². The van der Waals surface area contributed by atoms with Crippen molar-refractivity contribution in [2.75, 3.05) is 30.8 Å². The van der Waals surface area contributed by atoms with E-state index in [0.29, 0.717) is 24.7 Å². The second-order valence-corrected chi connectivity index (χ2v) is 5.77. The highest BCUT2D eigenvalue weighted by Crippen LogP contribution is 2.22. The molecule has 2 rings (SSSR count). The third-order valence-corrected chi connectivity index (χ3v) is 3.97. The van der Waals surface area contributed by atoms with E-state index in [0.717, 1.165) is 6.20 Å². The molecule has 0 radical (unpaired) electrons. The zero-order chi connectivity index (χ0) is 15.3. The maximum absolute atomic E-state index is 12.1. The van der Waals surface area contributed by atoms with Gasteiger partial charge in [-0.3, -0.25) is 9.82 Å². The fourth-order valence-electron chi connectivity index (χ4n) is 1.60. The molecule has 0 unspecified atom stereocenters. The number of nitrogens with two attached hydrogens (primary N) is 1. The number of sulfonamides is 1. The zero-order valence-corrected chi connectivity index (χ0v) is 12.2. The van der Waals surface area contributed by atoms with Gasteiger partial charge in [-0.25, -0.2) is 8.42 Å². The van der Waals surface area contributed by atoms with Crippen LogP contribution in [0.1, 0.15) is 0 Å². The van der Waals surface area contributed by atoms with Crippen LogP contribution in [0.4, 0.5) is 11.5 Å². The fourth-order valence-corrected chi connectivity index (χ4v) is 2.68. The second-order valence-electron chi connectivity index (χ2n) is 4.12. The number of aromatic amines is 1. The summed E-state index contributed by atoms with van der Waals surface area (Å²) in [5.41, 5.74) is 5.88. The van der Waals surface area contributed by atoms with Gasteiger partial charge in [0.2, 0.25) is 0 Å². The van der Waals surface area contributed by atoms with Gasteiger partial charge in [0.05, 0.1) is 18.5 Å². The number of H-pyrrole nitrogens is 1. The largest absolute Gasteiger partial charge is 0.491 e. The van der Waals surface area contributed by atoms with E-state index in [-0.39, 0.29) is 10.7 Å². The molecule has 0 amide bonds. The summed E-state index contributed by atoms with van der Waals surface area (Å²) in [6.07, 6.45) is 1.15. The van der Waals surface area contributed by atoms with Crippen molar-refractivity contribution in [2.45, 2.75) is 4.90 Å². The summed E-state index contributed by atoms with van der Waals surface area (Å²) >= 11 is 0. The number of methoxy groups -OCH3 is 1. The predicted molar refractivity (Wildman–Crippen MR) is 77.6 cm³/mol. The number of benzene rings is 1. The molecule has 4 N–H and O–H groups in total. The highest BCUT2D eigenvalue weighted by Gasteiger charge is 2.19. The Kier molecular flexibility index (Phi) is 4.66. The number of aromatic nitrogens is 2. The molecule has 0 aliphatic rings. The van der Waals surface area contributed by atoms with Crippen molar-refractivity contribution < 1.29 is 17.9 Å². The average Bonchev–Trinajstić information content (AvgIpc) is 2.86. The zero-order valence-electron chi connectivity index (χ0n) is 11.4. The molecule has 1 heterocycles. The smallest absolute Gasteiger partial charge is 0.267 e. The van der Waals surface area contributed by atoms with Crippen LogP contribution < -0.4 is 15.2 Å². The number of hydrogen-bond acceptors (Lipinski definition) is 6. The topological polar surface area (TPSA) is 119 Å². The molecule has 0 saturated carbocycles. The number of anilines is 2. The van der Waals surface area contributed by atoms with Crippen LogP contribution in [0.3, 0.4) is 0 Å². The number of nitrogens with one attached hydrogen (secondary N) is 2. The van der Waals surface area contributed by atoms with Crippen molar-refractivity contribution in [2.24, 2.45) is 0 Å². The Morgan fingerprint density at radius 1 is 1.38 bits per heavy atom. The lowest BCUT2D eigenvalue weighted by atomic mass is 10.3. The van der Waals surface area contributed by atoms with E-state index in [9.17, 15) is 8.42 Å². The van der Waals surface area contributed by atoms with E-state index >= 15 is 0 Å². The second kappa shape index (κ2) is 6.46. The molecule has 8 nitrogen and oxygen atoms in total. The maximum atomic E-state index is 12.1. The first kappa shape index (κ1) is 15.1. The summed E-state index contributed by atoms with van der Waals surface area (Å²) in [7, 11) is -2.22. The molecular weight excluding hydrogens is 296 g/mol. The van der Waals surface area contributed by atoms with Gasteiger partial charge in [-0.05, 0) is 12.1 Å². The summed E-state index contributed by atoms with van der Waals surface area (Å²) < 4.78 is 37.0. The number of nitrogens with zero attached hydrogens (tertiary/aromatic N) is 1. The van der Waals surface area contributed by atoms with Crippen molar-refractivity contribution in [3.8, 4) is 5.75 Å². The summed E-state index contributed by atoms with van der Waals surface area (Å²) in [6, 6.07) is 6.58. The van der Waals surface area contributed by atoms with E-state index in [1.165, 1.54) is 0 Å². The van der Waals surface area contributed by atoms with Gasteiger partial charge in [-0.15, -0.1) is 0 Å². The van der Waals surface area contributed by atoms with Gasteiger partial charge in [-0.2, -0.15) is 5.10 Å². The molecule has 0 saturated heterocycles. The lowest BCUT2D eigenvalue weighted by molar-refractivity contribution is 0.146. The fraction of sp³-hybridized carbons (Fsp3) is 0.250. The third kappa shape index (κ3) is 3.86. The van der Waals surface area contributed by atoms with E-state index in [2.05, 4.69) is 14.9 Å².